The van der Waals surface area contributed by atoms with Gasteiger partial charge in [-0.3, -0.25) is 4.79 Å². The molecule has 0 N–H and O–H groups in total. The Balaban J connectivity index is 1.42. The zero-order chi connectivity index (χ0) is 23.6. The van der Waals surface area contributed by atoms with Crippen LogP contribution in [0.25, 0.3) is 16.9 Å². The summed E-state index contributed by atoms with van der Waals surface area (Å²) < 4.78 is 31.9. The van der Waals surface area contributed by atoms with E-state index in [2.05, 4.69) is 26.0 Å². The molecule has 3 heterocycles. The van der Waals surface area contributed by atoms with E-state index in [-0.39, 0.29) is 30.1 Å². The fraction of sp³-hybridized carbons (Fsp3) is 0.269. The Morgan fingerprint density at radius 3 is 2.59 bits per heavy atom. The van der Waals surface area contributed by atoms with E-state index in [0.29, 0.717) is 26.9 Å². The number of carbonyl (C=O) groups is 1. The first-order chi connectivity index (χ1) is 16.4. The van der Waals surface area contributed by atoms with Crippen LogP contribution in [0.1, 0.15) is 65.2 Å². The van der Waals surface area contributed by atoms with Crippen molar-refractivity contribution in [2.45, 2.75) is 37.9 Å². The lowest BCUT2D eigenvalue weighted by Gasteiger charge is -2.36. The van der Waals surface area contributed by atoms with Gasteiger partial charge in [0.05, 0.1) is 18.3 Å². The monoisotopic (exact) mass is 522 g/mol. The lowest BCUT2D eigenvalue weighted by molar-refractivity contribution is 0.0585. The van der Waals surface area contributed by atoms with Gasteiger partial charge in [0.25, 0.3) is 5.91 Å². The Hall–Kier alpha value is -3.13. The van der Waals surface area contributed by atoms with Crippen molar-refractivity contribution in [2.24, 2.45) is 0 Å². The number of rotatable bonds is 3. The highest BCUT2D eigenvalue weighted by molar-refractivity contribution is 9.10. The predicted octanol–water partition coefficient (Wildman–Crippen LogP) is 6.40. The van der Waals surface area contributed by atoms with E-state index < -0.39 is 12.0 Å². The van der Waals surface area contributed by atoms with E-state index in [9.17, 15) is 13.6 Å². The second-order valence-corrected chi connectivity index (χ2v) is 9.91. The Labute approximate surface area is 203 Å². The molecule has 172 valence electrons. The van der Waals surface area contributed by atoms with Crippen molar-refractivity contribution in [3.8, 4) is 11.3 Å². The number of alkyl halides is 1. The molecule has 1 saturated carbocycles. The molecule has 1 fully saturated rings. The molecule has 2 aliphatic rings. The van der Waals surface area contributed by atoms with Gasteiger partial charge in [0.2, 0.25) is 0 Å². The Morgan fingerprint density at radius 2 is 1.85 bits per heavy atom. The zero-order valence-corrected chi connectivity index (χ0v) is 20.0. The molecule has 4 aromatic rings. The minimum absolute atomic E-state index is 0.0166. The Morgan fingerprint density at radius 1 is 1.09 bits per heavy atom. The molecule has 8 heteroatoms. The number of benzene rings is 2. The molecular formula is C26H21BrF2N4O. The number of amides is 1. The maximum Gasteiger partial charge on any atom is 0.273 e. The fourth-order valence-corrected chi connectivity index (χ4v) is 5.12. The SMILES string of the molecule is C[C@@H]1c2ccccc2[C@H](F)CN1C(=O)c1cc(C2CC2)n2nc(-c3ccc(Br)cc3F)cc2n1. The van der Waals surface area contributed by atoms with Crippen molar-refractivity contribution < 1.29 is 13.6 Å². The third kappa shape index (κ3) is 3.52. The molecule has 6 rings (SSSR count). The molecule has 0 spiro atoms. The first kappa shape index (κ1) is 21.4. The lowest BCUT2D eigenvalue weighted by Crippen LogP contribution is -2.40. The Kier molecular flexibility index (Phi) is 5.02. The molecule has 0 radical (unpaired) electrons. The van der Waals surface area contributed by atoms with Gasteiger partial charge in [0.1, 0.15) is 17.7 Å². The van der Waals surface area contributed by atoms with E-state index in [1.54, 1.807) is 39.7 Å². The summed E-state index contributed by atoms with van der Waals surface area (Å²) >= 11 is 3.28. The van der Waals surface area contributed by atoms with Gasteiger partial charge in [-0.1, -0.05) is 40.2 Å². The van der Waals surface area contributed by atoms with Crippen molar-refractivity contribution in [3.63, 3.8) is 0 Å². The molecule has 1 aliphatic heterocycles. The average molecular weight is 523 g/mol. The van der Waals surface area contributed by atoms with Crippen molar-refractivity contribution in [3.05, 3.63) is 87.4 Å². The number of hydrogen-bond acceptors (Lipinski definition) is 3. The van der Waals surface area contributed by atoms with Gasteiger partial charge in [-0.05, 0) is 55.2 Å². The van der Waals surface area contributed by atoms with E-state index in [0.717, 1.165) is 24.1 Å². The highest BCUT2D eigenvalue weighted by Gasteiger charge is 2.35. The Bertz CT molecular complexity index is 1450. The summed E-state index contributed by atoms with van der Waals surface area (Å²) in [6, 6.07) is 15.3. The third-order valence-corrected chi connectivity index (χ3v) is 7.24. The molecule has 0 saturated heterocycles. The largest absolute Gasteiger partial charge is 0.327 e. The smallest absolute Gasteiger partial charge is 0.273 e. The molecule has 2 atom stereocenters. The number of fused-ring (bicyclic) bond motifs is 2. The van der Waals surface area contributed by atoms with E-state index in [1.807, 2.05) is 25.1 Å². The predicted molar refractivity (Wildman–Crippen MR) is 128 cm³/mol. The van der Waals surface area contributed by atoms with Crippen LogP contribution in [-0.2, 0) is 0 Å². The quantitative estimate of drug-likeness (QED) is 0.312. The van der Waals surface area contributed by atoms with Gasteiger partial charge in [-0.2, -0.15) is 5.10 Å². The van der Waals surface area contributed by atoms with Crippen LogP contribution in [0.3, 0.4) is 0 Å². The van der Waals surface area contributed by atoms with Crippen molar-refractivity contribution >= 4 is 27.5 Å². The first-order valence-corrected chi connectivity index (χ1v) is 12.1. The van der Waals surface area contributed by atoms with Crippen LogP contribution in [0.4, 0.5) is 8.78 Å². The van der Waals surface area contributed by atoms with Gasteiger partial charge < -0.3 is 4.90 Å². The minimum atomic E-state index is -1.25. The molecule has 1 aliphatic carbocycles. The van der Waals surface area contributed by atoms with Gasteiger partial charge in [0.15, 0.2) is 5.65 Å². The summed E-state index contributed by atoms with van der Waals surface area (Å²) in [6.07, 6.45) is 0.744. The molecule has 0 unspecified atom stereocenters. The number of carbonyl (C=O) groups excluding carboxylic acids is 1. The lowest BCUT2D eigenvalue weighted by atomic mass is 9.92. The number of nitrogens with zero attached hydrogens (tertiary/aromatic N) is 4. The molecule has 2 aromatic heterocycles. The standard InChI is InChI=1S/C26H21BrF2N4O/c1-14-17-4-2-3-5-18(17)21(29)13-32(14)26(34)23-11-24(15-6-7-15)33-25(30-23)12-22(31-33)19-9-8-16(27)10-20(19)28/h2-5,8-12,14-15,21H,6-7,13H2,1H3/t14-,21-/m1/s1. The maximum atomic E-state index is 14.9. The number of halogens is 3. The van der Waals surface area contributed by atoms with E-state index >= 15 is 0 Å². The van der Waals surface area contributed by atoms with Crippen LogP contribution in [-0.4, -0.2) is 31.9 Å². The van der Waals surface area contributed by atoms with Crippen molar-refractivity contribution in [1.82, 2.24) is 19.5 Å². The normalized spacial score (nSPS) is 19.9. The third-order valence-electron chi connectivity index (χ3n) is 6.75. The topological polar surface area (TPSA) is 50.5 Å². The second kappa shape index (κ2) is 7.98. The maximum absolute atomic E-state index is 14.9. The van der Waals surface area contributed by atoms with Crippen molar-refractivity contribution in [1.29, 1.82) is 0 Å². The molecule has 0 bridgehead atoms. The molecule has 2 aromatic carbocycles. The fourth-order valence-electron chi connectivity index (χ4n) is 4.79. The number of aromatic nitrogens is 3. The van der Waals surface area contributed by atoms with Crippen LogP contribution in [0, 0.1) is 5.82 Å². The van der Waals surface area contributed by atoms with Crippen LogP contribution >= 0.6 is 15.9 Å². The summed E-state index contributed by atoms with van der Waals surface area (Å²) in [6.45, 7) is 1.90. The zero-order valence-electron chi connectivity index (χ0n) is 18.4. The van der Waals surface area contributed by atoms with Gasteiger partial charge in [-0.15, -0.1) is 0 Å². The van der Waals surface area contributed by atoms with Gasteiger partial charge in [-0.25, -0.2) is 18.3 Å². The summed E-state index contributed by atoms with van der Waals surface area (Å²) in [5, 5.41) is 4.62. The molecule has 34 heavy (non-hydrogen) atoms. The van der Waals surface area contributed by atoms with Crippen LogP contribution in [0.5, 0.6) is 0 Å². The highest BCUT2D eigenvalue weighted by Crippen LogP contribution is 2.41. The summed E-state index contributed by atoms with van der Waals surface area (Å²) in [7, 11) is 0. The second-order valence-electron chi connectivity index (χ2n) is 8.99. The first-order valence-electron chi connectivity index (χ1n) is 11.3. The molecule has 5 nitrogen and oxygen atoms in total. The minimum Gasteiger partial charge on any atom is -0.327 e. The van der Waals surface area contributed by atoms with Crippen LogP contribution < -0.4 is 0 Å². The van der Waals surface area contributed by atoms with Gasteiger partial charge in [0, 0.05) is 27.7 Å². The summed E-state index contributed by atoms with van der Waals surface area (Å²) in [4.78, 5) is 19.7. The highest BCUT2D eigenvalue weighted by atomic mass is 79.9. The number of hydrogen-bond donors (Lipinski definition) is 0. The van der Waals surface area contributed by atoms with Gasteiger partial charge >= 0.3 is 0 Å². The van der Waals surface area contributed by atoms with Crippen LogP contribution in [0.15, 0.2) is 59.1 Å². The van der Waals surface area contributed by atoms with E-state index in [1.165, 1.54) is 6.07 Å². The van der Waals surface area contributed by atoms with Crippen LogP contribution in [0.2, 0.25) is 0 Å². The average Bonchev–Trinajstić information content (AvgIpc) is 3.59. The summed E-state index contributed by atoms with van der Waals surface area (Å²) in [5.41, 5.74) is 3.88. The molecular weight excluding hydrogens is 502 g/mol. The molecule has 1 amide bonds. The van der Waals surface area contributed by atoms with E-state index in [4.69, 9.17) is 0 Å². The van der Waals surface area contributed by atoms with Crippen molar-refractivity contribution in [2.75, 3.05) is 6.54 Å². The summed E-state index contributed by atoms with van der Waals surface area (Å²) in [5.74, 6) is -0.434.